The number of aliphatic hydroxyl groups excluding tert-OH is 1. The third-order valence-corrected chi connectivity index (χ3v) is 3.96. The Morgan fingerprint density at radius 3 is 2.47 bits per heavy atom. The maximum Gasteiger partial charge on any atom is 0.0626 e. The van der Waals surface area contributed by atoms with Crippen LogP contribution in [-0.4, -0.2) is 17.8 Å². The standard InChI is InChI=1S/C15H23NO/c1-12(13-7-5-6-8-13)16-15(11-17)14-9-3-2-4-10-14/h2-4,9-10,12-13,15-17H,5-8,11H2,1H3. The van der Waals surface area contributed by atoms with Crippen LogP contribution in [0.5, 0.6) is 0 Å². The number of hydrogen-bond donors (Lipinski definition) is 2. The molecule has 2 rings (SSSR count). The predicted octanol–water partition coefficient (Wildman–Crippen LogP) is 2.89. The molecule has 2 heteroatoms. The normalized spacial score (nSPS) is 20.4. The summed E-state index contributed by atoms with van der Waals surface area (Å²) in [7, 11) is 0. The van der Waals surface area contributed by atoms with Gasteiger partial charge in [0.2, 0.25) is 0 Å². The Hall–Kier alpha value is -0.860. The molecule has 2 unspecified atom stereocenters. The third-order valence-electron chi connectivity index (χ3n) is 3.96. The average Bonchev–Trinajstić information content (AvgIpc) is 2.90. The second-order valence-corrected chi connectivity index (χ2v) is 5.15. The molecule has 1 aromatic rings. The molecule has 2 nitrogen and oxygen atoms in total. The molecule has 94 valence electrons. The van der Waals surface area contributed by atoms with Crippen LogP contribution in [-0.2, 0) is 0 Å². The highest BCUT2D eigenvalue weighted by Gasteiger charge is 2.23. The average molecular weight is 233 g/mol. The van der Waals surface area contributed by atoms with Crippen molar-refractivity contribution < 1.29 is 5.11 Å². The molecular weight excluding hydrogens is 210 g/mol. The van der Waals surface area contributed by atoms with Gasteiger partial charge in [-0.2, -0.15) is 0 Å². The topological polar surface area (TPSA) is 32.3 Å². The van der Waals surface area contributed by atoms with Crippen molar-refractivity contribution in [3.05, 3.63) is 35.9 Å². The molecule has 0 bridgehead atoms. The van der Waals surface area contributed by atoms with Gasteiger partial charge < -0.3 is 10.4 Å². The summed E-state index contributed by atoms with van der Waals surface area (Å²) in [6.07, 6.45) is 5.40. The van der Waals surface area contributed by atoms with Crippen LogP contribution in [0.15, 0.2) is 30.3 Å². The molecule has 2 atom stereocenters. The first-order chi connectivity index (χ1) is 8.31. The smallest absolute Gasteiger partial charge is 0.0626 e. The molecule has 0 amide bonds. The maximum absolute atomic E-state index is 9.51. The Bertz CT molecular complexity index is 319. The minimum atomic E-state index is 0.0757. The molecule has 0 heterocycles. The van der Waals surface area contributed by atoms with E-state index in [0.29, 0.717) is 6.04 Å². The van der Waals surface area contributed by atoms with Crippen molar-refractivity contribution in [2.45, 2.75) is 44.7 Å². The van der Waals surface area contributed by atoms with Crippen molar-refractivity contribution in [1.29, 1.82) is 0 Å². The number of nitrogens with one attached hydrogen (secondary N) is 1. The lowest BCUT2D eigenvalue weighted by molar-refractivity contribution is 0.220. The minimum Gasteiger partial charge on any atom is -0.394 e. The van der Waals surface area contributed by atoms with Gasteiger partial charge in [-0.05, 0) is 31.2 Å². The zero-order chi connectivity index (χ0) is 12.1. The van der Waals surface area contributed by atoms with E-state index in [1.165, 1.54) is 31.2 Å². The van der Waals surface area contributed by atoms with E-state index in [-0.39, 0.29) is 12.6 Å². The molecule has 1 aliphatic rings. The van der Waals surface area contributed by atoms with Gasteiger partial charge in [0.25, 0.3) is 0 Å². The summed E-state index contributed by atoms with van der Waals surface area (Å²) in [5, 5.41) is 13.1. The van der Waals surface area contributed by atoms with Gasteiger partial charge in [0, 0.05) is 6.04 Å². The SMILES string of the molecule is CC(NC(CO)c1ccccc1)C1CCCC1. The molecule has 0 spiro atoms. The Kier molecular flexibility index (Phi) is 4.57. The summed E-state index contributed by atoms with van der Waals surface area (Å²) in [6, 6.07) is 10.8. The Labute approximate surface area is 104 Å². The van der Waals surface area contributed by atoms with E-state index < -0.39 is 0 Å². The number of rotatable bonds is 5. The quantitative estimate of drug-likeness (QED) is 0.819. The van der Waals surface area contributed by atoms with Gasteiger partial charge >= 0.3 is 0 Å². The molecule has 17 heavy (non-hydrogen) atoms. The Morgan fingerprint density at radius 2 is 1.88 bits per heavy atom. The van der Waals surface area contributed by atoms with E-state index in [2.05, 4.69) is 24.4 Å². The summed E-state index contributed by atoms with van der Waals surface area (Å²) in [5.74, 6) is 0.785. The summed E-state index contributed by atoms with van der Waals surface area (Å²) < 4.78 is 0. The first kappa shape index (κ1) is 12.6. The van der Waals surface area contributed by atoms with Gasteiger partial charge in [-0.15, -0.1) is 0 Å². The predicted molar refractivity (Wildman–Crippen MR) is 70.8 cm³/mol. The zero-order valence-corrected chi connectivity index (χ0v) is 10.6. The minimum absolute atomic E-state index is 0.0757. The van der Waals surface area contributed by atoms with Gasteiger partial charge in [0.15, 0.2) is 0 Å². The van der Waals surface area contributed by atoms with Gasteiger partial charge in [-0.1, -0.05) is 43.2 Å². The van der Waals surface area contributed by atoms with Gasteiger partial charge in [0.05, 0.1) is 12.6 Å². The highest BCUT2D eigenvalue weighted by molar-refractivity contribution is 5.19. The van der Waals surface area contributed by atoms with E-state index in [4.69, 9.17) is 0 Å². The number of aliphatic hydroxyl groups is 1. The molecule has 0 aliphatic heterocycles. The molecule has 0 aromatic heterocycles. The van der Waals surface area contributed by atoms with E-state index in [9.17, 15) is 5.11 Å². The molecular formula is C15H23NO. The second-order valence-electron chi connectivity index (χ2n) is 5.15. The Balaban J connectivity index is 1.95. The molecule has 1 aromatic carbocycles. The lowest BCUT2D eigenvalue weighted by Gasteiger charge is -2.26. The zero-order valence-electron chi connectivity index (χ0n) is 10.6. The van der Waals surface area contributed by atoms with Crippen molar-refractivity contribution in [3.8, 4) is 0 Å². The van der Waals surface area contributed by atoms with Gasteiger partial charge in [0.1, 0.15) is 0 Å². The van der Waals surface area contributed by atoms with E-state index in [1.54, 1.807) is 0 Å². The summed E-state index contributed by atoms with van der Waals surface area (Å²) in [4.78, 5) is 0. The maximum atomic E-state index is 9.51. The highest BCUT2D eigenvalue weighted by Crippen LogP contribution is 2.28. The molecule has 0 radical (unpaired) electrons. The fourth-order valence-electron chi connectivity index (χ4n) is 2.85. The van der Waals surface area contributed by atoms with Crippen molar-refractivity contribution in [3.63, 3.8) is 0 Å². The molecule has 0 saturated heterocycles. The first-order valence-electron chi connectivity index (χ1n) is 6.73. The van der Waals surface area contributed by atoms with Crippen LogP contribution >= 0.6 is 0 Å². The van der Waals surface area contributed by atoms with E-state index in [1.807, 2.05) is 18.2 Å². The van der Waals surface area contributed by atoms with Crippen LogP contribution in [0.2, 0.25) is 0 Å². The van der Waals surface area contributed by atoms with Crippen molar-refractivity contribution in [2.24, 2.45) is 5.92 Å². The van der Waals surface area contributed by atoms with Gasteiger partial charge in [-0.3, -0.25) is 0 Å². The first-order valence-corrected chi connectivity index (χ1v) is 6.73. The van der Waals surface area contributed by atoms with Crippen LogP contribution < -0.4 is 5.32 Å². The van der Waals surface area contributed by atoms with Crippen LogP contribution in [0.1, 0.15) is 44.2 Å². The highest BCUT2D eigenvalue weighted by atomic mass is 16.3. The lowest BCUT2D eigenvalue weighted by Crippen LogP contribution is -2.37. The second kappa shape index (κ2) is 6.18. The van der Waals surface area contributed by atoms with Crippen molar-refractivity contribution in [1.82, 2.24) is 5.32 Å². The van der Waals surface area contributed by atoms with Crippen LogP contribution in [0.25, 0.3) is 0 Å². The van der Waals surface area contributed by atoms with Gasteiger partial charge in [-0.25, -0.2) is 0 Å². The number of benzene rings is 1. The fourth-order valence-corrected chi connectivity index (χ4v) is 2.85. The van der Waals surface area contributed by atoms with Crippen molar-refractivity contribution >= 4 is 0 Å². The lowest BCUT2D eigenvalue weighted by atomic mass is 9.97. The van der Waals surface area contributed by atoms with E-state index in [0.717, 1.165) is 5.92 Å². The summed E-state index contributed by atoms with van der Waals surface area (Å²) in [6.45, 7) is 2.42. The van der Waals surface area contributed by atoms with Crippen LogP contribution in [0.4, 0.5) is 0 Å². The van der Waals surface area contributed by atoms with Crippen molar-refractivity contribution in [2.75, 3.05) is 6.61 Å². The van der Waals surface area contributed by atoms with Crippen LogP contribution in [0.3, 0.4) is 0 Å². The summed E-state index contributed by atoms with van der Waals surface area (Å²) in [5.41, 5.74) is 1.18. The Morgan fingerprint density at radius 1 is 1.24 bits per heavy atom. The van der Waals surface area contributed by atoms with Crippen LogP contribution in [0, 0.1) is 5.92 Å². The molecule has 2 N–H and O–H groups in total. The largest absolute Gasteiger partial charge is 0.394 e. The van der Waals surface area contributed by atoms with E-state index >= 15 is 0 Å². The molecule has 1 aliphatic carbocycles. The monoisotopic (exact) mass is 233 g/mol. The summed E-state index contributed by atoms with van der Waals surface area (Å²) >= 11 is 0. The third kappa shape index (κ3) is 3.30. The fraction of sp³-hybridized carbons (Fsp3) is 0.600. The molecule has 1 fully saturated rings. The number of hydrogen-bond acceptors (Lipinski definition) is 2. The molecule has 1 saturated carbocycles.